The van der Waals surface area contributed by atoms with Crippen LogP contribution < -0.4 is 10.1 Å². The molecule has 26 heavy (non-hydrogen) atoms. The lowest BCUT2D eigenvalue weighted by Crippen LogP contribution is -2.31. The molecule has 2 aromatic carbocycles. The van der Waals surface area contributed by atoms with Gasteiger partial charge in [-0.2, -0.15) is 5.10 Å². The molecule has 134 valence electrons. The lowest BCUT2D eigenvalue weighted by molar-refractivity contribution is -0.122. The molecule has 0 aliphatic carbocycles. The van der Waals surface area contributed by atoms with Crippen molar-refractivity contribution in [2.75, 3.05) is 5.32 Å². The highest BCUT2D eigenvalue weighted by molar-refractivity contribution is 5.93. The van der Waals surface area contributed by atoms with Gasteiger partial charge in [0.1, 0.15) is 11.6 Å². The van der Waals surface area contributed by atoms with Gasteiger partial charge in [-0.1, -0.05) is 36.4 Å². The molecule has 1 N–H and O–H groups in total. The van der Waals surface area contributed by atoms with Crippen molar-refractivity contribution in [2.45, 2.75) is 33.4 Å². The summed E-state index contributed by atoms with van der Waals surface area (Å²) in [6.07, 6.45) is 1.06. The highest BCUT2D eigenvalue weighted by Crippen LogP contribution is 2.18. The number of carbonyl (C=O) groups is 1. The molecule has 1 aromatic heterocycles. The molecule has 0 saturated carbocycles. The highest BCUT2D eigenvalue weighted by Gasteiger charge is 2.17. The van der Waals surface area contributed by atoms with Gasteiger partial charge in [-0.05, 0) is 49.6 Å². The first kappa shape index (κ1) is 17.7. The van der Waals surface area contributed by atoms with Crippen LogP contribution in [0.5, 0.6) is 5.75 Å². The predicted octanol–water partition coefficient (Wildman–Crippen LogP) is 3.95. The molecule has 5 heteroatoms. The molecule has 5 nitrogen and oxygen atoms in total. The Labute approximate surface area is 153 Å². The summed E-state index contributed by atoms with van der Waals surface area (Å²) in [7, 11) is 0. The minimum Gasteiger partial charge on any atom is -0.481 e. The Morgan fingerprint density at radius 3 is 2.50 bits per heavy atom. The molecule has 0 unspecified atom stereocenters. The number of benzene rings is 2. The van der Waals surface area contributed by atoms with Crippen molar-refractivity contribution >= 4 is 11.7 Å². The van der Waals surface area contributed by atoms with E-state index >= 15 is 0 Å². The third kappa shape index (κ3) is 4.51. The highest BCUT2D eigenvalue weighted by atomic mass is 16.5. The normalized spacial score (nSPS) is 11.8. The minimum absolute atomic E-state index is 0.209. The first-order valence-corrected chi connectivity index (χ1v) is 8.63. The topological polar surface area (TPSA) is 56.1 Å². The molecule has 0 saturated heterocycles. The van der Waals surface area contributed by atoms with Crippen molar-refractivity contribution in [1.82, 2.24) is 9.78 Å². The van der Waals surface area contributed by atoms with E-state index in [0.717, 1.165) is 16.7 Å². The molecule has 0 radical (unpaired) electrons. The molecule has 0 bridgehead atoms. The third-order valence-electron chi connectivity index (χ3n) is 4.02. The van der Waals surface area contributed by atoms with E-state index in [1.165, 1.54) is 0 Å². The number of nitrogens with zero attached hydrogens (tertiary/aromatic N) is 2. The summed E-state index contributed by atoms with van der Waals surface area (Å²) in [5.41, 5.74) is 3.33. The SMILES string of the molecule is Cc1cc(C)cc(O[C@H](C)C(=O)Nc2ccnn2Cc2ccccc2)c1. The molecule has 1 heterocycles. The summed E-state index contributed by atoms with van der Waals surface area (Å²) in [6, 6.07) is 17.7. The molecule has 0 aliphatic heterocycles. The Morgan fingerprint density at radius 2 is 1.81 bits per heavy atom. The fourth-order valence-electron chi connectivity index (χ4n) is 2.81. The number of anilines is 1. The van der Waals surface area contributed by atoms with Crippen LogP contribution in [-0.2, 0) is 11.3 Å². The molecule has 1 atom stereocenters. The Bertz CT molecular complexity index is 867. The largest absolute Gasteiger partial charge is 0.481 e. The number of nitrogens with one attached hydrogen (secondary N) is 1. The van der Waals surface area contributed by atoms with Crippen molar-refractivity contribution in [3.8, 4) is 5.75 Å². The van der Waals surface area contributed by atoms with Crippen LogP contribution in [0.1, 0.15) is 23.6 Å². The van der Waals surface area contributed by atoms with E-state index in [1.54, 1.807) is 23.9 Å². The molecule has 0 fully saturated rings. The van der Waals surface area contributed by atoms with Crippen LogP contribution in [0, 0.1) is 13.8 Å². The lowest BCUT2D eigenvalue weighted by atomic mass is 10.1. The van der Waals surface area contributed by atoms with Crippen molar-refractivity contribution in [1.29, 1.82) is 0 Å². The second kappa shape index (κ2) is 7.87. The van der Waals surface area contributed by atoms with Crippen molar-refractivity contribution in [2.24, 2.45) is 0 Å². The number of aromatic nitrogens is 2. The molecule has 1 amide bonds. The summed E-state index contributed by atoms with van der Waals surface area (Å²) in [5, 5.41) is 7.19. The quantitative estimate of drug-likeness (QED) is 0.733. The zero-order valence-electron chi connectivity index (χ0n) is 15.3. The van der Waals surface area contributed by atoms with Gasteiger partial charge in [0.25, 0.3) is 5.91 Å². The van der Waals surface area contributed by atoms with E-state index in [-0.39, 0.29) is 5.91 Å². The maximum atomic E-state index is 12.5. The monoisotopic (exact) mass is 349 g/mol. The fourth-order valence-corrected chi connectivity index (χ4v) is 2.81. The Balaban J connectivity index is 1.65. The smallest absolute Gasteiger partial charge is 0.266 e. The summed E-state index contributed by atoms with van der Waals surface area (Å²) in [5.74, 6) is 1.14. The van der Waals surface area contributed by atoms with Gasteiger partial charge in [-0.3, -0.25) is 4.79 Å². The van der Waals surface area contributed by atoms with Gasteiger partial charge in [0, 0.05) is 6.07 Å². The average Bonchev–Trinajstić information content (AvgIpc) is 3.01. The Kier molecular flexibility index (Phi) is 5.37. The van der Waals surface area contributed by atoms with Crippen LogP contribution in [0.3, 0.4) is 0 Å². The molecule has 0 aliphatic rings. The van der Waals surface area contributed by atoms with Crippen LogP contribution in [0.25, 0.3) is 0 Å². The number of aryl methyl sites for hydroxylation is 2. The maximum absolute atomic E-state index is 12.5. The zero-order chi connectivity index (χ0) is 18.5. The van der Waals surface area contributed by atoms with Crippen LogP contribution in [-0.4, -0.2) is 21.8 Å². The number of hydrogen-bond donors (Lipinski definition) is 1. The van der Waals surface area contributed by atoms with E-state index in [9.17, 15) is 4.79 Å². The number of amides is 1. The van der Waals surface area contributed by atoms with Gasteiger partial charge >= 0.3 is 0 Å². The fraction of sp³-hybridized carbons (Fsp3) is 0.238. The van der Waals surface area contributed by atoms with Crippen LogP contribution in [0.4, 0.5) is 5.82 Å². The molecular formula is C21H23N3O2. The molecule has 3 rings (SSSR count). The zero-order valence-corrected chi connectivity index (χ0v) is 15.3. The second-order valence-electron chi connectivity index (χ2n) is 6.43. The van der Waals surface area contributed by atoms with E-state index < -0.39 is 6.10 Å². The van der Waals surface area contributed by atoms with Gasteiger partial charge in [0.15, 0.2) is 6.10 Å². The van der Waals surface area contributed by atoms with Gasteiger partial charge in [-0.15, -0.1) is 0 Å². The summed E-state index contributed by atoms with van der Waals surface area (Å²) in [4.78, 5) is 12.5. The van der Waals surface area contributed by atoms with E-state index in [2.05, 4.69) is 16.5 Å². The van der Waals surface area contributed by atoms with Crippen LogP contribution in [0.2, 0.25) is 0 Å². The standard InChI is InChI=1S/C21H23N3O2/c1-15-11-16(2)13-19(12-15)26-17(3)21(25)23-20-9-10-22-24(20)14-18-7-5-4-6-8-18/h4-13,17H,14H2,1-3H3,(H,23,25)/t17-/m1/s1. The number of carbonyl (C=O) groups excluding carboxylic acids is 1. The number of rotatable bonds is 6. The Hall–Kier alpha value is -3.08. The first-order chi connectivity index (χ1) is 12.5. The second-order valence-corrected chi connectivity index (χ2v) is 6.43. The van der Waals surface area contributed by atoms with E-state index in [0.29, 0.717) is 18.1 Å². The van der Waals surface area contributed by atoms with Crippen molar-refractivity contribution in [3.05, 3.63) is 77.5 Å². The third-order valence-corrected chi connectivity index (χ3v) is 4.02. The average molecular weight is 349 g/mol. The maximum Gasteiger partial charge on any atom is 0.266 e. The van der Waals surface area contributed by atoms with Crippen LogP contribution in [0.15, 0.2) is 60.8 Å². The summed E-state index contributed by atoms with van der Waals surface area (Å²) >= 11 is 0. The predicted molar refractivity (Wildman–Crippen MR) is 102 cm³/mol. The summed E-state index contributed by atoms with van der Waals surface area (Å²) < 4.78 is 7.56. The van der Waals surface area contributed by atoms with Crippen molar-refractivity contribution < 1.29 is 9.53 Å². The van der Waals surface area contributed by atoms with Gasteiger partial charge in [-0.25, -0.2) is 4.68 Å². The molecule has 0 spiro atoms. The van der Waals surface area contributed by atoms with Crippen molar-refractivity contribution in [3.63, 3.8) is 0 Å². The minimum atomic E-state index is -0.615. The van der Waals surface area contributed by atoms with Gasteiger partial charge in [0.2, 0.25) is 0 Å². The first-order valence-electron chi connectivity index (χ1n) is 8.63. The van der Waals surface area contributed by atoms with E-state index in [4.69, 9.17) is 4.74 Å². The number of hydrogen-bond acceptors (Lipinski definition) is 3. The molecular weight excluding hydrogens is 326 g/mol. The van der Waals surface area contributed by atoms with Gasteiger partial charge in [0.05, 0.1) is 12.7 Å². The summed E-state index contributed by atoms with van der Waals surface area (Å²) in [6.45, 7) is 6.35. The number of ether oxygens (including phenoxy) is 1. The van der Waals surface area contributed by atoms with Gasteiger partial charge < -0.3 is 10.1 Å². The molecule has 3 aromatic rings. The Morgan fingerprint density at radius 1 is 1.12 bits per heavy atom. The van der Waals surface area contributed by atoms with Crippen LogP contribution >= 0.6 is 0 Å². The van der Waals surface area contributed by atoms with E-state index in [1.807, 2.05) is 56.3 Å². The lowest BCUT2D eigenvalue weighted by Gasteiger charge is -2.16.